The van der Waals surface area contributed by atoms with Crippen LogP contribution in [0.15, 0.2) is 29.1 Å². The van der Waals surface area contributed by atoms with Gasteiger partial charge in [-0.05, 0) is 47.9 Å². The molecule has 1 heterocycles. The van der Waals surface area contributed by atoms with E-state index in [1.807, 2.05) is 19.1 Å². The Labute approximate surface area is 130 Å². The van der Waals surface area contributed by atoms with E-state index in [0.29, 0.717) is 11.2 Å². The average molecular weight is 347 g/mol. The first-order chi connectivity index (χ1) is 10.1. The highest BCUT2D eigenvalue weighted by Crippen LogP contribution is 2.26. The molecule has 3 aromatic rings. The van der Waals surface area contributed by atoms with Gasteiger partial charge in [0.05, 0.1) is 10.9 Å². The first-order valence-corrected chi connectivity index (χ1v) is 7.75. The number of aryl methyl sites for hydroxylation is 2. The first kappa shape index (κ1) is 14.1. The molecule has 0 radical (unpaired) electrons. The highest BCUT2D eigenvalue weighted by atomic mass is 79.9. The highest BCUT2D eigenvalue weighted by molar-refractivity contribution is 9.08. The predicted molar refractivity (Wildman–Crippen MR) is 88.1 cm³/mol. The van der Waals surface area contributed by atoms with Crippen LogP contribution in [0.1, 0.15) is 17.0 Å². The van der Waals surface area contributed by atoms with Crippen LogP contribution >= 0.6 is 15.9 Å². The minimum absolute atomic E-state index is 0.166. The Balaban J connectivity index is 2.60. The maximum Gasteiger partial charge on any atom is 0.294 e. The van der Waals surface area contributed by atoms with Crippen molar-refractivity contribution in [1.29, 1.82) is 0 Å². The van der Waals surface area contributed by atoms with Crippen molar-refractivity contribution in [3.8, 4) is 0 Å². The fraction of sp³-hybridized carbons (Fsp3) is 0.250. The minimum Gasteiger partial charge on any atom is -0.412 e. The Bertz CT molecular complexity index is 916. The SMILES string of the molecule is COn1c(C)nc2c(C)cc3ccc(CBr)cc3c2c1=O. The van der Waals surface area contributed by atoms with Crippen molar-refractivity contribution >= 4 is 37.6 Å². The highest BCUT2D eigenvalue weighted by Gasteiger charge is 2.14. The van der Waals surface area contributed by atoms with Crippen molar-refractivity contribution in [2.45, 2.75) is 19.2 Å². The Morgan fingerprint density at radius 2 is 2.05 bits per heavy atom. The van der Waals surface area contributed by atoms with Gasteiger partial charge >= 0.3 is 0 Å². The van der Waals surface area contributed by atoms with Crippen LogP contribution in [-0.2, 0) is 5.33 Å². The molecule has 0 aliphatic rings. The number of nitrogens with zero attached hydrogens (tertiary/aromatic N) is 2. The minimum atomic E-state index is -0.166. The van der Waals surface area contributed by atoms with Gasteiger partial charge in [0, 0.05) is 5.33 Å². The molecule has 0 bridgehead atoms. The van der Waals surface area contributed by atoms with E-state index in [-0.39, 0.29) is 5.56 Å². The van der Waals surface area contributed by atoms with Gasteiger partial charge in [0.2, 0.25) is 0 Å². The quantitative estimate of drug-likeness (QED) is 0.529. The number of benzene rings is 2. The van der Waals surface area contributed by atoms with Crippen molar-refractivity contribution in [1.82, 2.24) is 9.71 Å². The largest absolute Gasteiger partial charge is 0.412 e. The van der Waals surface area contributed by atoms with Gasteiger partial charge in [-0.2, -0.15) is 0 Å². The summed E-state index contributed by atoms with van der Waals surface area (Å²) < 4.78 is 1.24. The molecule has 108 valence electrons. The average Bonchev–Trinajstić information content (AvgIpc) is 2.47. The van der Waals surface area contributed by atoms with Crippen LogP contribution in [-0.4, -0.2) is 16.8 Å². The molecule has 0 atom stereocenters. The van der Waals surface area contributed by atoms with Gasteiger partial charge in [0.15, 0.2) is 0 Å². The molecule has 0 saturated heterocycles. The lowest BCUT2D eigenvalue weighted by atomic mass is 10.0. The lowest BCUT2D eigenvalue weighted by Gasteiger charge is -2.12. The van der Waals surface area contributed by atoms with Gasteiger partial charge in [-0.1, -0.05) is 28.1 Å². The molecular weight excluding hydrogens is 332 g/mol. The molecule has 0 fully saturated rings. The van der Waals surface area contributed by atoms with Gasteiger partial charge in [0.25, 0.3) is 5.56 Å². The molecule has 0 spiro atoms. The van der Waals surface area contributed by atoms with E-state index in [1.165, 1.54) is 11.8 Å². The molecule has 0 aliphatic heterocycles. The summed E-state index contributed by atoms with van der Waals surface area (Å²) in [5.74, 6) is 0.550. The lowest BCUT2D eigenvalue weighted by molar-refractivity contribution is 0.149. The maximum absolute atomic E-state index is 12.7. The fourth-order valence-electron chi connectivity index (χ4n) is 2.69. The third kappa shape index (κ3) is 2.12. The van der Waals surface area contributed by atoms with Crippen molar-refractivity contribution < 1.29 is 4.84 Å². The summed E-state index contributed by atoms with van der Waals surface area (Å²) in [4.78, 5) is 22.4. The maximum atomic E-state index is 12.7. The number of hydrogen-bond acceptors (Lipinski definition) is 3. The van der Waals surface area contributed by atoms with Crippen molar-refractivity contribution in [3.05, 3.63) is 51.6 Å². The van der Waals surface area contributed by atoms with Gasteiger partial charge in [-0.3, -0.25) is 4.79 Å². The van der Waals surface area contributed by atoms with E-state index in [9.17, 15) is 4.79 Å². The number of hydrogen-bond donors (Lipinski definition) is 0. The molecule has 0 unspecified atom stereocenters. The zero-order valence-electron chi connectivity index (χ0n) is 12.1. The van der Waals surface area contributed by atoms with Crippen LogP contribution in [0.4, 0.5) is 0 Å². The number of alkyl halides is 1. The van der Waals surface area contributed by atoms with Gasteiger partial charge in [-0.15, -0.1) is 4.73 Å². The summed E-state index contributed by atoms with van der Waals surface area (Å²) in [5, 5.41) is 3.31. The molecule has 0 saturated carbocycles. The van der Waals surface area contributed by atoms with Gasteiger partial charge < -0.3 is 4.84 Å². The third-order valence-electron chi connectivity index (χ3n) is 3.67. The molecule has 0 N–H and O–H groups in total. The molecule has 1 aromatic heterocycles. The number of fused-ring (bicyclic) bond motifs is 3. The fourth-order valence-corrected chi connectivity index (χ4v) is 3.04. The molecule has 21 heavy (non-hydrogen) atoms. The number of aromatic nitrogens is 2. The van der Waals surface area contributed by atoms with Gasteiger partial charge in [-0.25, -0.2) is 4.98 Å². The number of halogens is 1. The van der Waals surface area contributed by atoms with Crippen LogP contribution in [0.3, 0.4) is 0 Å². The Morgan fingerprint density at radius 3 is 2.71 bits per heavy atom. The molecule has 3 rings (SSSR count). The van der Waals surface area contributed by atoms with Crippen molar-refractivity contribution in [2.24, 2.45) is 0 Å². The summed E-state index contributed by atoms with van der Waals surface area (Å²) in [5.41, 5.74) is 2.69. The van der Waals surface area contributed by atoms with Crippen LogP contribution in [0, 0.1) is 13.8 Å². The van der Waals surface area contributed by atoms with Gasteiger partial charge in [0.1, 0.15) is 12.9 Å². The summed E-state index contributed by atoms with van der Waals surface area (Å²) >= 11 is 3.46. The Morgan fingerprint density at radius 1 is 1.29 bits per heavy atom. The molecular formula is C16H15BrN2O2. The summed E-state index contributed by atoms with van der Waals surface area (Å²) in [7, 11) is 1.48. The predicted octanol–water partition coefficient (Wildman–Crippen LogP) is 3.12. The van der Waals surface area contributed by atoms with E-state index in [4.69, 9.17) is 4.84 Å². The molecule has 2 aromatic carbocycles. The van der Waals surface area contributed by atoms with E-state index < -0.39 is 0 Å². The van der Waals surface area contributed by atoms with Crippen LogP contribution < -0.4 is 10.4 Å². The van der Waals surface area contributed by atoms with E-state index in [0.717, 1.165) is 32.7 Å². The first-order valence-electron chi connectivity index (χ1n) is 6.63. The lowest BCUT2D eigenvalue weighted by Crippen LogP contribution is -2.28. The standard InChI is InChI=1S/C16H15BrN2O2/c1-9-6-12-5-4-11(8-17)7-13(12)14-15(9)18-10(2)19(21-3)16(14)20/h4-7H,8H2,1-3H3. The molecule has 0 amide bonds. The van der Waals surface area contributed by atoms with E-state index in [2.05, 4.69) is 33.0 Å². The zero-order chi connectivity index (χ0) is 15.1. The molecule has 4 nitrogen and oxygen atoms in total. The Kier molecular flexibility index (Phi) is 3.45. The molecule has 5 heteroatoms. The second-order valence-electron chi connectivity index (χ2n) is 5.05. The summed E-state index contributed by atoms with van der Waals surface area (Å²) in [6, 6.07) is 8.19. The van der Waals surface area contributed by atoms with Crippen LogP contribution in [0.2, 0.25) is 0 Å². The smallest absolute Gasteiger partial charge is 0.294 e. The third-order valence-corrected chi connectivity index (χ3v) is 4.32. The van der Waals surface area contributed by atoms with Crippen LogP contribution in [0.5, 0.6) is 0 Å². The van der Waals surface area contributed by atoms with E-state index >= 15 is 0 Å². The monoisotopic (exact) mass is 346 g/mol. The summed E-state index contributed by atoms with van der Waals surface area (Å²) in [6.07, 6.45) is 0. The summed E-state index contributed by atoms with van der Waals surface area (Å²) in [6.45, 7) is 3.74. The topological polar surface area (TPSA) is 44.1 Å². The zero-order valence-corrected chi connectivity index (χ0v) is 13.7. The normalized spacial score (nSPS) is 11.2. The number of rotatable bonds is 2. The molecule has 0 aliphatic carbocycles. The Hall–Kier alpha value is -1.88. The second kappa shape index (κ2) is 5.15. The van der Waals surface area contributed by atoms with Crippen molar-refractivity contribution in [2.75, 3.05) is 7.11 Å². The van der Waals surface area contributed by atoms with Crippen molar-refractivity contribution in [3.63, 3.8) is 0 Å². The van der Waals surface area contributed by atoms with E-state index in [1.54, 1.807) is 6.92 Å². The van der Waals surface area contributed by atoms with Crippen LogP contribution in [0.25, 0.3) is 21.7 Å². The second-order valence-corrected chi connectivity index (χ2v) is 5.61.